The maximum atomic E-state index is 14.6. The smallest absolute Gasteiger partial charge is 0.340 e. The van der Waals surface area contributed by atoms with Gasteiger partial charge in [0.1, 0.15) is 5.82 Å². The Bertz CT molecular complexity index is 803. The van der Waals surface area contributed by atoms with Gasteiger partial charge in [-0.25, -0.2) is 9.18 Å². The van der Waals surface area contributed by atoms with Crippen LogP contribution in [0.15, 0.2) is 12.1 Å². The lowest BCUT2D eigenvalue weighted by molar-refractivity contribution is -0.119. The molecule has 1 aromatic carbocycles. The van der Waals surface area contributed by atoms with Gasteiger partial charge in [-0.1, -0.05) is 0 Å². The Hall–Kier alpha value is -2.35. The number of aliphatic hydroxyl groups excluding tert-OH is 1. The van der Waals surface area contributed by atoms with Gasteiger partial charge in [-0.3, -0.25) is 4.79 Å². The fourth-order valence-corrected chi connectivity index (χ4v) is 4.42. The molecule has 2 aliphatic heterocycles. The van der Waals surface area contributed by atoms with E-state index in [-0.39, 0.29) is 16.9 Å². The predicted molar refractivity (Wildman–Crippen MR) is 106 cm³/mol. The standard InChI is InChI=1S/C21H28FN3O4/c1-29-20(28)14-8-16(23-11-18(26)13-2-3-13)17(9-15(14)22)25-6-4-21(5-7-25)10-19(27)24-12-21/h8-9,13,18,23,26H,2-7,10-12H2,1H3,(H,24,27). The molecule has 1 spiro atoms. The Labute approximate surface area is 169 Å². The van der Waals surface area contributed by atoms with Gasteiger partial charge in [0.2, 0.25) is 5.91 Å². The molecule has 2 saturated heterocycles. The molecular formula is C21H28FN3O4. The van der Waals surface area contributed by atoms with Crippen LogP contribution in [0.3, 0.4) is 0 Å². The maximum absolute atomic E-state index is 14.6. The largest absolute Gasteiger partial charge is 0.465 e. The monoisotopic (exact) mass is 405 g/mol. The van der Waals surface area contributed by atoms with Crippen molar-refractivity contribution in [1.82, 2.24) is 5.32 Å². The van der Waals surface area contributed by atoms with E-state index >= 15 is 0 Å². The molecule has 0 radical (unpaired) electrons. The molecule has 1 saturated carbocycles. The van der Waals surface area contributed by atoms with Crippen LogP contribution in [0.1, 0.15) is 42.5 Å². The Morgan fingerprint density at radius 2 is 2.14 bits per heavy atom. The molecule has 0 aromatic heterocycles. The van der Waals surface area contributed by atoms with Crippen molar-refractivity contribution < 1.29 is 23.8 Å². The molecule has 1 atom stereocenters. The summed E-state index contributed by atoms with van der Waals surface area (Å²) in [6.45, 7) is 2.45. The molecule has 1 amide bonds. The van der Waals surface area contributed by atoms with Gasteiger partial charge in [0, 0.05) is 38.7 Å². The molecule has 4 rings (SSSR count). The first-order valence-electron chi connectivity index (χ1n) is 10.3. The summed E-state index contributed by atoms with van der Waals surface area (Å²) in [6, 6.07) is 2.84. The number of piperidine rings is 1. The number of carbonyl (C=O) groups is 2. The molecule has 3 fully saturated rings. The number of hydrogen-bond acceptors (Lipinski definition) is 6. The summed E-state index contributed by atoms with van der Waals surface area (Å²) in [5.41, 5.74) is 1.15. The molecule has 29 heavy (non-hydrogen) atoms. The van der Waals surface area contributed by atoms with Gasteiger partial charge < -0.3 is 25.4 Å². The van der Waals surface area contributed by atoms with Crippen LogP contribution in [-0.2, 0) is 9.53 Å². The summed E-state index contributed by atoms with van der Waals surface area (Å²) >= 11 is 0. The van der Waals surface area contributed by atoms with Crippen LogP contribution in [0.2, 0.25) is 0 Å². The minimum Gasteiger partial charge on any atom is -0.465 e. The molecule has 1 aliphatic carbocycles. The summed E-state index contributed by atoms with van der Waals surface area (Å²) < 4.78 is 19.3. The molecule has 0 bridgehead atoms. The van der Waals surface area contributed by atoms with E-state index in [4.69, 9.17) is 4.74 Å². The van der Waals surface area contributed by atoms with Crippen LogP contribution in [0.4, 0.5) is 15.8 Å². The lowest BCUT2D eigenvalue weighted by Crippen LogP contribution is -2.41. The van der Waals surface area contributed by atoms with Crippen LogP contribution < -0.4 is 15.5 Å². The molecule has 2 heterocycles. The third-order valence-electron chi connectivity index (χ3n) is 6.52. The molecule has 7 nitrogen and oxygen atoms in total. The van der Waals surface area contributed by atoms with Gasteiger partial charge in [-0.2, -0.15) is 0 Å². The number of anilines is 2. The van der Waals surface area contributed by atoms with Crippen molar-refractivity contribution in [1.29, 1.82) is 0 Å². The molecule has 1 aromatic rings. The van der Waals surface area contributed by atoms with Gasteiger partial charge in [0.25, 0.3) is 0 Å². The third kappa shape index (κ3) is 4.17. The van der Waals surface area contributed by atoms with Crippen LogP contribution in [0, 0.1) is 17.2 Å². The summed E-state index contributed by atoms with van der Waals surface area (Å²) in [5.74, 6) is -0.941. The van der Waals surface area contributed by atoms with Crippen molar-refractivity contribution in [2.45, 2.75) is 38.2 Å². The van der Waals surface area contributed by atoms with Crippen LogP contribution in [0.5, 0.6) is 0 Å². The van der Waals surface area contributed by atoms with E-state index in [9.17, 15) is 19.1 Å². The number of methoxy groups -OCH3 is 1. The first-order valence-corrected chi connectivity index (χ1v) is 10.3. The Morgan fingerprint density at radius 3 is 2.72 bits per heavy atom. The van der Waals surface area contributed by atoms with Crippen LogP contribution in [-0.4, -0.2) is 56.4 Å². The normalized spacial score (nSPS) is 21.8. The number of rotatable bonds is 6. The average molecular weight is 405 g/mol. The van der Waals surface area contributed by atoms with Gasteiger partial charge in [0.05, 0.1) is 30.2 Å². The van der Waals surface area contributed by atoms with E-state index in [0.29, 0.717) is 49.9 Å². The summed E-state index contributed by atoms with van der Waals surface area (Å²) in [6.07, 6.45) is 3.82. The number of amides is 1. The summed E-state index contributed by atoms with van der Waals surface area (Å²) in [7, 11) is 1.22. The highest BCUT2D eigenvalue weighted by atomic mass is 19.1. The van der Waals surface area contributed by atoms with Crippen molar-refractivity contribution in [3.8, 4) is 0 Å². The quantitative estimate of drug-likeness (QED) is 0.627. The van der Waals surface area contributed by atoms with Crippen molar-refractivity contribution in [2.24, 2.45) is 11.3 Å². The van der Waals surface area contributed by atoms with Crippen LogP contribution in [0.25, 0.3) is 0 Å². The number of carbonyl (C=O) groups excluding carboxylic acids is 2. The second-order valence-electron chi connectivity index (χ2n) is 8.57. The van der Waals surface area contributed by atoms with Crippen molar-refractivity contribution >= 4 is 23.3 Å². The highest BCUT2D eigenvalue weighted by Gasteiger charge is 2.41. The molecule has 3 N–H and O–H groups in total. The molecular weight excluding hydrogens is 377 g/mol. The number of esters is 1. The Kier molecular flexibility index (Phi) is 5.38. The third-order valence-corrected chi connectivity index (χ3v) is 6.52. The van der Waals surface area contributed by atoms with Gasteiger partial charge in [-0.05, 0) is 43.1 Å². The fourth-order valence-electron chi connectivity index (χ4n) is 4.42. The molecule has 8 heteroatoms. The first-order chi connectivity index (χ1) is 13.9. The van der Waals surface area contributed by atoms with Crippen molar-refractivity contribution in [3.63, 3.8) is 0 Å². The van der Waals surface area contributed by atoms with Crippen molar-refractivity contribution in [2.75, 3.05) is 43.5 Å². The Balaban J connectivity index is 1.54. The molecule has 158 valence electrons. The lowest BCUT2D eigenvalue weighted by atomic mass is 9.77. The van der Waals surface area contributed by atoms with Crippen molar-refractivity contribution in [3.05, 3.63) is 23.5 Å². The molecule has 3 aliphatic rings. The van der Waals surface area contributed by atoms with E-state index in [1.807, 2.05) is 0 Å². The van der Waals surface area contributed by atoms with E-state index in [1.54, 1.807) is 0 Å². The summed E-state index contributed by atoms with van der Waals surface area (Å²) in [4.78, 5) is 25.7. The van der Waals surface area contributed by atoms with Gasteiger partial charge >= 0.3 is 5.97 Å². The first kappa shape index (κ1) is 19.9. The Morgan fingerprint density at radius 1 is 1.41 bits per heavy atom. The van der Waals surface area contributed by atoms with E-state index in [2.05, 4.69) is 15.5 Å². The van der Waals surface area contributed by atoms with E-state index in [0.717, 1.165) is 25.7 Å². The molecule has 1 unspecified atom stereocenters. The predicted octanol–water partition coefficient (Wildman–Crippen LogP) is 1.90. The lowest BCUT2D eigenvalue weighted by Gasteiger charge is -2.40. The minimum absolute atomic E-state index is 0.00611. The van der Waals surface area contributed by atoms with E-state index in [1.165, 1.54) is 19.2 Å². The fraction of sp³-hybridized carbons (Fsp3) is 0.619. The topological polar surface area (TPSA) is 90.9 Å². The maximum Gasteiger partial charge on any atom is 0.340 e. The zero-order valence-electron chi connectivity index (χ0n) is 16.7. The number of nitrogens with zero attached hydrogens (tertiary/aromatic N) is 1. The number of benzene rings is 1. The number of aliphatic hydroxyl groups is 1. The van der Waals surface area contributed by atoms with Crippen LogP contribution >= 0.6 is 0 Å². The number of halogens is 1. The average Bonchev–Trinajstić information content (AvgIpc) is 3.51. The van der Waals surface area contributed by atoms with Gasteiger partial charge in [0.15, 0.2) is 0 Å². The summed E-state index contributed by atoms with van der Waals surface area (Å²) in [5, 5.41) is 16.3. The SMILES string of the molecule is COC(=O)c1cc(NCC(O)C2CC2)c(N2CCC3(CC2)CNC(=O)C3)cc1F. The highest BCUT2D eigenvalue weighted by molar-refractivity contribution is 5.92. The second kappa shape index (κ2) is 7.82. The van der Waals surface area contributed by atoms with Gasteiger partial charge in [-0.15, -0.1) is 0 Å². The second-order valence-corrected chi connectivity index (χ2v) is 8.57. The number of nitrogens with one attached hydrogen (secondary N) is 2. The zero-order chi connectivity index (χ0) is 20.6. The van der Waals surface area contributed by atoms with E-state index < -0.39 is 17.9 Å². The number of ether oxygens (including phenoxy) is 1. The zero-order valence-corrected chi connectivity index (χ0v) is 16.7. The highest BCUT2D eigenvalue weighted by Crippen LogP contribution is 2.41. The minimum atomic E-state index is -0.729. The number of hydrogen-bond donors (Lipinski definition) is 3.